The average molecular weight is 246 g/mol. The van der Waals surface area contributed by atoms with Crippen molar-refractivity contribution in [2.24, 2.45) is 0 Å². The van der Waals surface area contributed by atoms with Gasteiger partial charge in [0.05, 0.1) is 12.3 Å². The molecule has 94 valence electrons. The first kappa shape index (κ1) is 12.0. The summed E-state index contributed by atoms with van der Waals surface area (Å²) in [5.74, 6) is 0.0890. The monoisotopic (exact) mass is 246 g/mol. The average Bonchev–Trinajstić information content (AvgIpc) is 3.00. The number of ether oxygens (including phenoxy) is 1. The van der Waals surface area contributed by atoms with Crippen molar-refractivity contribution >= 4 is 5.82 Å². The Bertz CT molecular complexity index is 414. The first-order valence-corrected chi connectivity index (χ1v) is 5.29. The number of halogens is 3. The Hall–Kier alpha value is -1.46. The fourth-order valence-electron chi connectivity index (χ4n) is 1.45. The molecule has 0 bridgehead atoms. The van der Waals surface area contributed by atoms with Crippen LogP contribution in [0.5, 0.6) is 5.75 Å². The molecule has 0 radical (unpaired) electrons. The summed E-state index contributed by atoms with van der Waals surface area (Å²) >= 11 is 0. The van der Waals surface area contributed by atoms with E-state index in [1.54, 1.807) is 0 Å². The quantitative estimate of drug-likeness (QED) is 0.820. The summed E-state index contributed by atoms with van der Waals surface area (Å²) < 4.78 is 43.8. The summed E-state index contributed by atoms with van der Waals surface area (Å²) in [6.07, 6.45) is -1.23. The van der Waals surface area contributed by atoms with Crippen LogP contribution in [0.15, 0.2) is 12.3 Å². The van der Waals surface area contributed by atoms with E-state index in [2.05, 4.69) is 4.98 Å². The molecule has 0 amide bonds. The van der Waals surface area contributed by atoms with Crippen LogP contribution >= 0.6 is 0 Å². The van der Waals surface area contributed by atoms with Crippen molar-refractivity contribution in [3.05, 3.63) is 17.8 Å². The number of nitrogens with zero attached hydrogens (tertiary/aromatic N) is 2. The topological polar surface area (TPSA) is 25.4 Å². The molecule has 0 N–H and O–H groups in total. The van der Waals surface area contributed by atoms with E-state index in [1.165, 1.54) is 25.2 Å². The highest BCUT2D eigenvalue weighted by atomic mass is 19.4. The van der Waals surface area contributed by atoms with E-state index in [1.807, 2.05) is 0 Å². The van der Waals surface area contributed by atoms with Crippen LogP contribution in [0.2, 0.25) is 0 Å². The molecule has 1 fully saturated rings. The summed E-state index contributed by atoms with van der Waals surface area (Å²) in [4.78, 5) is 5.14. The van der Waals surface area contributed by atoms with Crippen LogP contribution in [0.1, 0.15) is 18.4 Å². The SMILES string of the molecule is CN(C)c1ncc(OC2CC2)cc1C(F)(F)F. The second-order valence-corrected chi connectivity index (χ2v) is 4.25. The maximum absolute atomic E-state index is 12.8. The van der Waals surface area contributed by atoms with Gasteiger partial charge >= 0.3 is 6.18 Å². The lowest BCUT2D eigenvalue weighted by Crippen LogP contribution is -2.18. The van der Waals surface area contributed by atoms with Gasteiger partial charge in [-0.1, -0.05) is 0 Å². The zero-order valence-corrected chi connectivity index (χ0v) is 9.58. The molecular weight excluding hydrogens is 233 g/mol. The van der Waals surface area contributed by atoms with Gasteiger partial charge in [0.2, 0.25) is 0 Å². The molecule has 1 aliphatic rings. The van der Waals surface area contributed by atoms with Gasteiger partial charge in [-0.2, -0.15) is 13.2 Å². The lowest BCUT2D eigenvalue weighted by molar-refractivity contribution is -0.137. The number of hydrogen-bond donors (Lipinski definition) is 0. The van der Waals surface area contributed by atoms with Crippen LogP contribution in [-0.2, 0) is 6.18 Å². The fraction of sp³-hybridized carbons (Fsp3) is 0.545. The minimum Gasteiger partial charge on any atom is -0.489 e. The molecule has 1 heterocycles. The Balaban J connectivity index is 2.34. The molecule has 6 heteroatoms. The molecule has 0 saturated heterocycles. The van der Waals surface area contributed by atoms with Gasteiger partial charge in [-0.3, -0.25) is 0 Å². The van der Waals surface area contributed by atoms with Gasteiger partial charge in [0, 0.05) is 14.1 Å². The predicted octanol–water partition coefficient (Wildman–Crippen LogP) is 2.71. The van der Waals surface area contributed by atoms with Crippen molar-refractivity contribution in [2.45, 2.75) is 25.1 Å². The van der Waals surface area contributed by atoms with E-state index in [4.69, 9.17) is 4.74 Å². The zero-order chi connectivity index (χ0) is 12.6. The molecule has 17 heavy (non-hydrogen) atoms. The van der Waals surface area contributed by atoms with Crippen LogP contribution in [-0.4, -0.2) is 25.2 Å². The van der Waals surface area contributed by atoms with Crippen molar-refractivity contribution in [3.63, 3.8) is 0 Å². The summed E-state index contributed by atoms with van der Waals surface area (Å²) in [7, 11) is 3.05. The molecule has 1 saturated carbocycles. The smallest absolute Gasteiger partial charge is 0.420 e. The van der Waals surface area contributed by atoms with Crippen LogP contribution in [0.3, 0.4) is 0 Å². The van der Waals surface area contributed by atoms with Crippen LogP contribution in [0, 0.1) is 0 Å². The van der Waals surface area contributed by atoms with Gasteiger partial charge in [0.15, 0.2) is 0 Å². The van der Waals surface area contributed by atoms with Gasteiger partial charge < -0.3 is 9.64 Å². The summed E-state index contributed by atoms with van der Waals surface area (Å²) in [5, 5.41) is 0. The number of aromatic nitrogens is 1. The highest BCUT2D eigenvalue weighted by Crippen LogP contribution is 2.37. The van der Waals surface area contributed by atoms with Gasteiger partial charge in [-0.05, 0) is 18.9 Å². The minimum absolute atomic E-state index is 0.0584. The summed E-state index contributed by atoms with van der Waals surface area (Å²) in [6, 6.07) is 1.01. The van der Waals surface area contributed by atoms with E-state index in [0.29, 0.717) is 0 Å². The van der Waals surface area contributed by atoms with Crippen molar-refractivity contribution in [3.8, 4) is 5.75 Å². The first-order valence-electron chi connectivity index (χ1n) is 5.29. The molecule has 0 spiro atoms. The van der Waals surface area contributed by atoms with Crippen molar-refractivity contribution in [2.75, 3.05) is 19.0 Å². The van der Waals surface area contributed by atoms with Crippen molar-refractivity contribution in [1.29, 1.82) is 0 Å². The van der Waals surface area contributed by atoms with Gasteiger partial charge in [0.1, 0.15) is 17.1 Å². The lowest BCUT2D eigenvalue weighted by atomic mass is 10.2. The molecule has 1 aromatic heterocycles. The Morgan fingerprint density at radius 1 is 1.35 bits per heavy atom. The molecule has 1 aromatic rings. The molecule has 1 aliphatic carbocycles. The van der Waals surface area contributed by atoms with E-state index in [0.717, 1.165) is 18.9 Å². The third-order valence-electron chi connectivity index (χ3n) is 2.40. The molecule has 0 unspecified atom stereocenters. The number of rotatable bonds is 3. The van der Waals surface area contributed by atoms with Crippen molar-refractivity contribution < 1.29 is 17.9 Å². The zero-order valence-electron chi connectivity index (χ0n) is 9.58. The number of pyridine rings is 1. The summed E-state index contributed by atoms with van der Waals surface area (Å²) in [6.45, 7) is 0. The summed E-state index contributed by atoms with van der Waals surface area (Å²) in [5.41, 5.74) is -0.763. The Morgan fingerprint density at radius 3 is 2.47 bits per heavy atom. The highest BCUT2D eigenvalue weighted by Gasteiger charge is 2.36. The van der Waals surface area contributed by atoms with E-state index >= 15 is 0 Å². The molecule has 2 rings (SSSR count). The fourth-order valence-corrected chi connectivity index (χ4v) is 1.45. The van der Waals surface area contributed by atoms with Gasteiger partial charge in [0.25, 0.3) is 0 Å². The standard InChI is InChI=1S/C11H13F3N2O/c1-16(2)10-9(11(12,13)14)5-8(6-15-10)17-7-3-4-7/h5-7H,3-4H2,1-2H3. The second-order valence-electron chi connectivity index (χ2n) is 4.25. The predicted molar refractivity (Wildman–Crippen MR) is 57.2 cm³/mol. The van der Waals surface area contributed by atoms with Crippen LogP contribution < -0.4 is 9.64 Å². The molecule has 0 aromatic carbocycles. The molecular formula is C11H13F3N2O. The first-order chi connectivity index (χ1) is 7.88. The third kappa shape index (κ3) is 2.81. The number of anilines is 1. The van der Waals surface area contributed by atoms with Gasteiger partial charge in [-0.15, -0.1) is 0 Å². The Kier molecular flexibility index (Phi) is 2.89. The van der Waals surface area contributed by atoms with E-state index in [-0.39, 0.29) is 17.7 Å². The van der Waals surface area contributed by atoms with E-state index < -0.39 is 11.7 Å². The normalized spacial score (nSPS) is 15.8. The van der Waals surface area contributed by atoms with Crippen LogP contribution in [0.4, 0.5) is 19.0 Å². The van der Waals surface area contributed by atoms with Crippen molar-refractivity contribution in [1.82, 2.24) is 4.98 Å². The molecule has 0 aliphatic heterocycles. The molecule has 0 atom stereocenters. The second kappa shape index (κ2) is 4.09. The Labute approximate surface area is 97.2 Å². The molecule has 3 nitrogen and oxygen atoms in total. The maximum Gasteiger partial charge on any atom is 0.420 e. The highest BCUT2D eigenvalue weighted by molar-refractivity contribution is 5.50. The minimum atomic E-state index is -4.42. The Morgan fingerprint density at radius 2 is 2.00 bits per heavy atom. The van der Waals surface area contributed by atoms with Crippen LogP contribution in [0.25, 0.3) is 0 Å². The number of alkyl halides is 3. The van der Waals surface area contributed by atoms with E-state index in [9.17, 15) is 13.2 Å². The largest absolute Gasteiger partial charge is 0.489 e. The lowest BCUT2D eigenvalue weighted by Gasteiger charge is -2.18. The number of hydrogen-bond acceptors (Lipinski definition) is 3. The maximum atomic E-state index is 12.8. The van der Waals surface area contributed by atoms with Gasteiger partial charge in [-0.25, -0.2) is 4.98 Å². The third-order valence-corrected chi connectivity index (χ3v) is 2.40.